The zero-order valence-corrected chi connectivity index (χ0v) is 19.4. The SMILES string of the molecule is COC(=O)C[C@@H]1CC[C@@H]2[C@H](COc3ccc(NC(=O)c4ccc5c(c4)OCO5)cc3C(=O)N2C)O1. The molecule has 2 aromatic carbocycles. The summed E-state index contributed by atoms with van der Waals surface area (Å²) in [7, 11) is 3.08. The third-order valence-electron chi connectivity index (χ3n) is 6.53. The monoisotopic (exact) mass is 482 g/mol. The molecule has 5 rings (SSSR count). The van der Waals surface area contributed by atoms with E-state index in [2.05, 4.69) is 5.32 Å². The minimum Gasteiger partial charge on any atom is -0.490 e. The first kappa shape index (κ1) is 23.0. The highest BCUT2D eigenvalue weighted by Crippen LogP contribution is 2.34. The molecule has 0 saturated carbocycles. The predicted molar refractivity (Wildman–Crippen MR) is 123 cm³/mol. The molecule has 0 radical (unpaired) electrons. The Hall–Kier alpha value is -3.79. The molecule has 1 N–H and O–H groups in total. The number of hydrogen-bond acceptors (Lipinski definition) is 8. The van der Waals surface area contributed by atoms with E-state index in [1.165, 1.54) is 7.11 Å². The molecule has 0 unspecified atom stereocenters. The zero-order chi connectivity index (χ0) is 24.5. The number of likely N-dealkylation sites (N-methyl/N-ethyl adjacent to an activating group) is 1. The lowest BCUT2D eigenvalue weighted by Crippen LogP contribution is -2.53. The van der Waals surface area contributed by atoms with Crippen LogP contribution in [0, 0.1) is 0 Å². The van der Waals surface area contributed by atoms with Crippen LogP contribution in [0.25, 0.3) is 0 Å². The third-order valence-corrected chi connectivity index (χ3v) is 6.53. The van der Waals surface area contributed by atoms with Crippen LogP contribution in [0.15, 0.2) is 36.4 Å². The van der Waals surface area contributed by atoms with Crippen molar-refractivity contribution >= 4 is 23.5 Å². The molecular formula is C25H26N2O8. The second kappa shape index (κ2) is 9.46. The highest BCUT2D eigenvalue weighted by molar-refractivity contribution is 6.06. The van der Waals surface area contributed by atoms with Crippen LogP contribution in [-0.2, 0) is 14.3 Å². The van der Waals surface area contributed by atoms with E-state index in [1.54, 1.807) is 48.3 Å². The lowest BCUT2D eigenvalue weighted by atomic mass is 9.94. The molecule has 10 heteroatoms. The average molecular weight is 482 g/mol. The number of amides is 2. The summed E-state index contributed by atoms with van der Waals surface area (Å²) < 4.78 is 27.4. The van der Waals surface area contributed by atoms with Gasteiger partial charge in [-0.3, -0.25) is 14.4 Å². The van der Waals surface area contributed by atoms with Crippen molar-refractivity contribution in [3.05, 3.63) is 47.5 Å². The number of nitrogens with one attached hydrogen (secondary N) is 1. The maximum atomic E-state index is 13.4. The molecule has 3 aliphatic rings. The molecule has 184 valence electrons. The number of nitrogens with zero attached hydrogens (tertiary/aromatic N) is 1. The smallest absolute Gasteiger partial charge is 0.308 e. The number of methoxy groups -OCH3 is 1. The predicted octanol–water partition coefficient (Wildman–Crippen LogP) is 2.61. The van der Waals surface area contributed by atoms with Crippen molar-refractivity contribution in [3.8, 4) is 17.2 Å². The fourth-order valence-electron chi connectivity index (χ4n) is 4.62. The molecule has 0 aliphatic carbocycles. The Bertz CT molecular complexity index is 1170. The van der Waals surface area contributed by atoms with Gasteiger partial charge in [0.25, 0.3) is 11.8 Å². The molecule has 1 saturated heterocycles. The molecule has 3 aliphatic heterocycles. The second-order valence-electron chi connectivity index (χ2n) is 8.68. The largest absolute Gasteiger partial charge is 0.490 e. The van der Waals surface area contributed by atoms with Crippen molar-refractivity contribution in [1.82, 2.24) is 4.90 Å². The van der Waals surface area contributed by atoms with Gasteiger partial charge < -0.3 is 33.9 Å². The van der Waals surface area contributed by atoms with Crippen LogP contribution in [0.2, 0.25) is 0 Å². The van der Waals surface area contributed by atoms with E-state index in [4.69, 9.17) is 23.7 Å². The molecule has 2 aromatic rings. The lowest BCUT2D eigenvalue weighted by molar-refractivity contribution is -0.151. The van der Waals surface area contributed by atoms with Crippen molar-refractivity contribution < 1.29 is 38.1 Å². The Labute approximate surface area is 202 Å². The van der Waals surface area contributed by atoms with Gasteiger partial charge in [-0.05, 0) is 49.2 Å². The summed E-state index contributed by atoms with van der Waals surface area (Å²) in [4.78, 5) is 39.5. The van der Waals surface area contributed by atoms with Gasteiger partial charge in [-0.1, -0.05) is 0 Å². The Balaban J connectivity index is 1.32. The van der Waals surface area contributed by atoms with Gasteiger partial charge in [-0.15, -0.1) is 0 Å². The Morgan fingerprint density at radius 2 is 1.86 bits per heavy atom. The summed E-state index contributed by atoms with van der Waals surface area (Å²) in [6.07, 6.45) is 0.829. The number of anilines is 1. The summed E-state index contributed by atoms with van der Waals surface area (Å²) >= 11 is 0. The minimum absolute atomic E-state index is 0.125. The van der Waals surface area contributed by atoms with Gasteiger partial charge in [0.15, 0.2) is 11.5 Å². The van der Waals surface area contributed by atoms with Gasteiger partial charge in [0.1, 0.15) is 18.5 Å². The van der Waals surface area contributed by atoms with Gasteiger partial charge in [0, 0.05) is 18.3 Å². The molecular weight excluding hydrogens is 456 g/mol. The molecule has 35 heavy (non-hydrogen) atoms. The van der Waals surface area contributed by atoms with Crippen LogP contribution in [0.5, 0.6) is 17.2 Å². The van der Waals surface area contributed by atoms with E-state index in [0.717, 1.165) is 0 Å². The van der Waals surface area contributed by atoms with E-state index >= 15 is 0 Å². The summed E-state index contributed by atoms with van der Waals surface area (Å²) in [5.74, 6) is 0.608. The summed E-state index contributed by atoms with van der Waals surface area (Å²) in [6.45, 7) is 0.357. The highest BCUT2D eigenvalue weighted by Gasteiger charge is 2.39. The minimum atomic E-state index is -0.370. The summed E-state index contributed by atoms with van der Waals surface area (Å²) in [5.41, 5.74) is 1.22. The first-order chi connectivity index (χ1) is 16.9. The number of esters is 1. The van der Waals surface area contributed by atoms with Crippen molar-refractivity contribution in [3.63, 3.8) is 0 Å². The van der Waals surface area contributed by atoms with E-state index < -0.39 is 0 Å². The zero-order valence-electron chi connectivity index (χ0n) is 19.4. The Morgan fingerprint density at radius 1 is 1.06 bits per heavy atom. The first-order valence-electron chi connectivity index (χ1n) is 11.4. The lowest BCUT2D eigenvalue weighted by Gasteiger charge is -2.42. The fourth-order valence-corrected chi connectivity index (χ4v) is 4.62. The Kier molecular flexibility index (Phi) is 6.21. The van der Waals surface area contributed by atoms with Gasteiger partial charge >= 0.3 is 5.97 Å². The van der Waals surface area contributed by atoms with Crippen molar-refractivity contribution in [2.75, 3.05) is 32.9 Å². The van der Waals surface area contributed by atoms with Gasteiger partial charge in [0.05, 0.1) is 31.2 Å². The van der Waals surface area contributed by atoms with E-state index in [-0.39, 0.29) is 55.9 Å². The van der Waals surface area contributed by atoms with Crippen LogP contribution < -0.4 is 19.5 Å². The number of ether oxygens (including phenoxy) is 5. The maximum absolute atomic E-state index is 13.4. The van der Waals surface area contributed by atoms with Crippen LogP contribution >= 0.6 is 0 Å². The van der Waals surface area contributed by atoms with Crippen molar-refractivity contribution in [1.29, 1.82) is 0 Å². The molecule has 0 spiro atoms. The number of benzene rings is 2. The molecule has 2 amide bonds. The van der Waals surface area contributed by atoms with Crippen LogP contribution in [-0.4, -0.2) is 68.5 Å². The number of carbonyl (C=O) groups excluding carboxylic acids is 3. The molecule has 1 fully saturated rings. The van der Waals surface area contributed by atoms with Crippen molar-refractivity contribution in [2.24, 2.45) is 0 Å². The Morgan fingerprint density at radius 3 is 2.69 bits per heavy atom. The normalized spacial score (nSPS) is 22.7. The molecule has 0 aromatic heterocycles. The maximum Gasteiger partial charge on any atom is 0.308 e. The number of hydrogen-bond donors (Lipinski definition) is 1. The number of rotatable bonds is 4. The van der Waals surface area contributed by atoms with Crippen LogP contribution in [0.3, 0.4) is 0 Å². The summed E-state index contributed by atoms with van der Waals surface area (Å²) in [6, 6.07) is 9.70. The van der Waals surface area contributed by atoms with Gasteiger partial charge in [-0.2, -0.15) is 0 Å². The van der Waals surface area contributed by atoms with E-state index in [9.17, 15) is 14.4 Å². The van der Waals surface area contributed by atoms with Gasteiger partial charge in [-0.25, -0.2) is 0 Å². The first-order valence-corrected chi connectivity index (χ1v) is 11.4. The van der Waals surface area contributed by atoms with Crippen LogP contribution in [0.4, 0.5) is 5.69 Å². The molecule has 3 heterocycles. The molecule has 0 bridgehead atoms. The highest BCUT2D eigenvalue weighted by atomic mass is 16.7. The topological polar surface area (TPSA) is 113 Å². The van der Waals surface area contributed by atoms with E-state index in [1.807, 2.05) is 0 Å². The molecule has 3 atom stereocenters. The summed E-state index contributed by atoms with van der Waals surface area (Å²) in [5, 5.41) is 2.83. The molecule has 10 nitrogen and oxygen atoms in total. The average Bonchev–Trinajstić information content (AvgIpc) is 3.34. The fraction of sp³-hybridized carbons (Fsp3) is 0.400. The van der Waals surface area contributed by atoms with Crippen LogP contribution in [0.1, 0.15) is 40.0 Å². The third kappa shape index (κ3) is 4.61. The quantitative estimate of drug-likeness (QED) is 0.662. The second-order valence-corrected chi connectivity index (χ2v) is 8.68. The number of fused-ring (bicyclic) bond motifs is 3. The van der Waals surface area contributed by atoms with E-state index in [0.29, 0.717) is 46.9 Å². The van der Waals surface area contributed by atoms with Crippen molar-refractivity contribution in [2.45, 2.75) is 37.5 Å². The number of carbonyl (C=O) groups is 3. The van der Waals surface area contributed by atoms with Gasteiger partial charge in [0.2, 0.25) is 6.79 Å². The standard InChI is InChI=1S/C25H26N2O8/c1-27-18-6-5-16(11-23(28)31-2)35-22(18)12-32-19-8-4-15(10-17(19)25(27)30)26-24(29)14-3-7-20-21(9-14)34-13-33-20/h3-4,7-10,16,18,22H,5-6,11-13H2,1-2H3,(H,26,29)/t16-,18+,22-/m0/s1.